The summed E-state index contributed by atoms with van der Waals surface area (Å²) in [6.07, 6.45) is 0.319. The van der Waals surface area contributed by atoms with Crippen LogP contribution in [0.1, 0.15) is 42.9 Å². The minimum absolute atomic E-state index is 0.142. The SMILES string of the molecule is O=C(NC12CC(n3cc(-c4ccc(C(F)(F)F)cn4)cn3)(C1)C2)[C@H]1C[C@@H](O)c2cc(Cl)ccc2O1. The Morgan fingerprint density at radius 1 is 1.20 bits per heavy atom. The quantitative estimate of drug-likeness (QED) is 0.554. The van der Waals surface area contributed by atoms with Crippen LogP contribution in [-0.4, -0.2) is 37.4 Å². The van der Waals surface area contributed by atoms with Gasteiger partial charge >= 0.3 is 6.18 Å². The highest BCUT2D eigenvalue weighted by Crippen LogP contribution is 2.65. The number of carbonyl (C=O) groups is 1. The van der Waals surface area contributed by atoms with Gasteiger partial charge in [0.1, 0.15) is 5.75 Å². The average Bonchev–Trinajstić information content (AvgIpc) is 3.25. The molecule has 35 heavy (non-hydrogen) atoms. The Kier molecular flexibility index (Phi) is 4.76. The molecule has 3 aromatic rings. The fourth-order valence-corrected chi connectivity index (χ4v) is 5.66. The molecule has 3 saturated carbocycles. The standard InChI is InChI=1S/C24H20ClF3N4O3/c25-15-2-4-19-16(5-15)18(33)6-20(35-19)21(34)31-22-10-23(11-22,12-22)32-9-13(7-30-32)17-3-1-14(8-29-17)24(26,27)28/h1-5,7-9,18,20,33H,6,10-12H2,(H,31,34)/t18-,20-,22?,23?/m1/s1. The van der Waals surface area contributed by atoms with E-state index in [0.717, 1.165) is 12.3 Å². The summed E-state index contributed by atoms with van der Waals surface area (Å²) < 4.78 is 46.0. The lowest BCUT2D eigenvalue weighted by atomic mass is 9.44. The molecule has 1 amide bonds. The van der Waals surface area contributed by atoms with Gasteiger partial charge in [0.25, 0.3) is 5.91 Å². The molecule has 0 spiro atoms. The van der Waals surface area contributed by atoms with E-state index in [0.29, 0.717) is 46.9 Å². The third-order valence-corrected chi connectivity index (χ3v) is 7.41. The number of alkyl halides is 3. The first-order valence-electron chi connectivity index (χ1n) is 11.1. The van der Waals surface area contributed by atoms with Crippen molar-refractivity contribution in [2.24, 2.45) is 0 Å². The van der Waals surface area contributed by atoms with E-state index in [4.69, 9.17) is 16.3 Å². The maximum Gasteiger partial charge on any atom is 0.417 e. The molecule has 7 nitrogen and oxygen atoms in total. The monoisotopic (exact) mass is 504 g/mol. The van der Waals surface area contributed by atoms with Gasteiger partial charge in [-0.2, -0.15) is 18.3 Å². The molecule has 2 aromatic heterocycles. The first-order chi connectivity index (χ1) is 16.6. The van der Waals surface area contributed by atoms with E-state index < -0.39 is 23.9 Å². The van der Waals surface area contributed by atoms with E-state index in [1.54, 1.807) is 30.6 Å². The van der Waals surface area contributed by atoms with Gasteiger partial charge < -0.3 is 15.2 Å². The summed E-state index contributed by atoms with van der Waals surface area (Å²) >= 11 is 5.98. The number of nitrogens with zero attached hydrogens (tertiary/aromatic N) is 3. The lowest BCUT2D eigenvalue weighted by molar-refractivity contribution is -0.165. The number of aliphatic hydroxyl groups excluding tert-OH is 1. The molecule has 11 heteroatoms. The van der Waals surface area contributed by atoms with Crippen LogP contribution in [0.25, 0.3) is 11.3 Å². The Balaban J connectivity index is 1.09. The largest absolute Gasteiger partial charge is 0.480 e. The molecule has 2 atom stereocenters. The molecule has 4 aliphatic rings. The van der Waals surface area contributed by atoms with E-state index in [2.05, 4.69) is 15.4 Å². The number of aliphatic hydroxyl groups is 1. The second kappa shape index (κ2) is 7.44. The number of benzene rings is 1. The van der Waals surface area contributed by atoms with Gasteiger partial charge in [-0.05, 0) is 49.6 Å². The Hall–Kier alpha value is -3.11. The van der Waals surface area contributed by atoms with Crippen molar-refractivity contribution in [2.75, 3.05) is 0 Å². The maximum absolute atomic E-state index is 12.9. The summed E-state index contributed by atoms with van der Waals surface area (Å²) in [5.41, 5.74) is 0.242. The van der Waals surface area contributed by atoms with Crippen molar-refractivity contribution in [3.63, 3.8) is 0 Å². The topological polar surface area (TPSA) is 89.3 Å². The number of carbonyl (C=O) groups excluding carboxylic acids is 1. The summed E-state index contributed by atoms with van der Waals surface area (Å²) in [7, 11) is 0. The minimum atomic E-state index is -4.43. The molecule has 3 aliphatic carbocycles. The summed E-state index contributed by atoms with van der Waals surface area (Å²) in [6, 6.07) is 7.27. The number of halogens is 4. The number of ether oxygens (including phenoxy) is 1. The van der Waals surface area contributed by atoms with Crippen molar-refractivity contribution < 1.29 is 27.8 Å². The molecule has 0 saturated heterocycles. The van der Waals surface area contributed by atoms with Crippen molar-refractivity contribution in [2.45, 2.75) is 55.1 Å². The Morgan fingerprint density at radius 2 is 1.97 bits per heavy atom. The van der Waals surface area contributed by atoms with E-state index >= 15 is 0 Å². The van der Waals surface area contributed by atoms with Crippen LogP contribution >= 0.6 is 11.6 Å². The fourth-order valence-electron chi connectivity index (χ4n) is 5.48. The number of aromatic nitrogens is 3. The fraction of sp³-hybridized carbons (Fsp3) is 0.375. The third-order valence-electron chi connectivity index (χ3n) is 7.18. The first kappa shape index (κ1) is 22.4. The van der Waals surface area contributed by atoms with Crippen molar-refractivity contribution in [3.05, 3.63) is 65.1 Å². The zero-order valence-electron chi connectivity index (χ0n) is 18.2. The lowest BCUT2D eigenvalue weighted by Crippen LogP contribution is -2.79. The first-order valence-corrected chi connectivity index (χ1v) is 11.5. The van der Waals surface area contributed by atoms with Crippen LogP contribution < -0.4 is 10.1 Å². The molecule has 2 bridgehead atoms. The van der Waals surface area contributed by atoms with Crippen LogP contribution in [0.5, 0.6) is 5.75 Å². The molecule has 0 radical (unpaired) electrons. The molecular weight excluding hydrogens is 485 g/mol. The lowest BCUT2D eigenvalue weighted by Gasteiger charge is -2.70. The van der Waals surface area contributed by atoms with Gasteiger partial charge in [0.05, 0.1) is 29.1 Å². The van der Waals surface area contributed by atoms with Crippen molar-refractivity contribution in [1.29, 1.82) is 0 Å². The van der Waals surface area contributed by atoms with Crippen LogP contribution in [0.2, 0.25) is 5.02 Å². The molecule has 2 N–H and O–H groups in total. The Morgan fingerprint density at radius 3 is 2.66 bits per heavy atom. The highest BCUT2D eigenvalue weighted by molar-refractivity contribution is 6.30. The van der Waals surface area contributed by atoms with Crippen LogP contribution in [0, 0.1) is 0 Å². The molecule has 182 valence electrons. The zero-order valence-corrected chi connectivity index (χ0v) is 19.0. The number of nitrogens with one attached hydrogen (secondary N) is 1. The number of hydrogen-bond acceptors (Lipinski definition) is 5. The van der Waals surface area contributed by atoms with Crippen LogP contribution in [-0.2, 0) is 16.5 Å². The van der Waals surface area contributed by atoms with Gasteiger partial charge in [-0.1, -0.05) is 11.6 Å². The summed E-state index contributed by atoms with van der Waals surface area (Å²) in [5.74, 6) is 0.177. The average molecular weight is 505 g/mol. The smallest absolute Gasteiger partial charge is 0.417 e. The van der Waals surface area contributed by atoms with Gasteiger partial charge in [-0.25, -0.2) is 0 Å². The normalized spacial score (nSPS) is 28.8. The van der Waals surface area contributed by atoms with E-state index in [1.807, 2.05) is 4.68 Å². The highest BCUT2D eigenvalue weighted by atomic mass is 35.5. The van der Waals surface area contributed by atoms with Gasteiger partial charge in [0, 0.05) is 40.5 Å². The van der Waals surface area contributed by atoms with E-state index in [1.165, 1.54) is 6.07 Å². The molecule has 3 heterocycles. The minimum Gasteiger partial charge on any atom is -0.480 e. The molecule has 3 fully saturated rings. The maximum atomic E-state index is 12.9. The predicted molar refractivity (Wildman–Crippen MR) is 119 cm³/mol. The Labute approximate surface area is 202 Å². The second-order valence-electron chi connectivity index (χ2n) is 9.67. The predicted octanol–water partition coefficient (Wildman–Crippen LogP) is 4.25. The number of hydrogen-bond donors (Lipinski definition) is 2. The van der Waals surface area contributed by atoms with Crippen molar-refractivity contribution in [3.8, 4) is 17.0 Å². The van der Waals surface area contributed by atoms with Gasteiger partial charge in [-0.15, -0.1) is 0 Å². The van der Waals surface area contributed by atoms with E-state index in [9.17, 15) is 23.1 Å². The molecule has 1 aliphatic heterocycles. The molecule has 1 aromatic carbocycles. The summed E-state index contributed by atoms with van der Waals surface area (Å²) in [4.78, 5) is 16.8. The molecule has 7 rings (SSSR count). The Bertz CT molecular complexity index is 1300. The number of rotatable bonds is 4. The second-order valence-corrected chi connectivity index (χ2v) is 10.1. The zero-order chi connectivity index (χ0) is 24.6. The van der Waals surface area contributed by atoms with Crippen molar-refractivity contribution >= 4 is 17.5 Å². The summed E-state index contributed by atoms with van der Waals surface area (Å²) in [6.45, 7) is 0. The van der Waals surface area contributed by atoms with Crippen LogP contribution in [0.4, 0.5) is 13.2 Å². The van der Waals surface area contributed by atoms with Crippen LogP contribution in [0.15, 0.2) is 48.9 Å². The van der Waals surface area contributed by atoms with E-state index in [-0.39, 0.29) is 23.4 Å². The highest BCUT2D eigenvalue weighted by Gasteiger charge is 2.70. The molecule has 0 unspecified atom stereocenters. The number of amides is 1. The van der Waals surface area contributed by atoms with Gasteiger partial charge in [0.15, 0.2) is 6.10 Å². The van der Waals surface area contributed by atoms with Crippen LogP contribution in [0.3, 0.4) is 0 Å². The van der Waals surface area contributed by atoms with Crippen molar-refractivity contribution in [1.82, 2.24) is 20.1 Å². The summed E-state index contributed by atoms with van der Waals surface area (Å²) in [5, 5.41) is 18.4. The number of pyridine rings is 1. The van der Waals surface area contributed by atoms with Gasteiger partial charge in [0.2, 0.25) is 0 Å². The third kappa shape index (κ3) is 3.66. The van der Waals surface area contributed by atoms with Gasteiger partial charge in [-0.3, -0.25) is 14.5 Å². The number of fused-ring (bicyclic) bond motifs is 1. The molecular formula is C24H20ClF3N4O3.